The van der Waals surface area contributed by atoms with Crippen molar-refractivity contribution in [1.29, 1.82) is 0 Å². The van der Waals surface area contributed by atoms with Gasteiger partial charge in [-0.05, 0) is 55.3 Å². The van der Waals surface area contributed by atoms with Crippen molar-refractivity contribution in [1.82, 2.24) is 24.8 Å². The van der Waals surface area contributed by atoms with Gasteiger partial charge in [0.1, 0.15) is 12.1 Å². The predicted octanol–water partition coefficient (Wildman–Crippen LogP) is 3.08. The minimum Gasteiger partial charge on any atom is -0.485 e. The van der Waals surface area contributed by atoms with Gasteiger partial charge in [-0.3, -0.25) is 9.59 Å². The maximum absolute atomic E-state index is 12.8. The third kappa shape index (κ3) is 5.78. The van der Waals surface area contributed by atoms with Crippen LogP contribution in [0.2, 0.25) is 0 Å². The number of carbonyl (C=O) groups excluding carboxylic acids is 2. The molecule has 31 heavy (non-hydrogen) atoms. The van der Waals surface area contributed by atoms with Gasteiger partial charge in [0.05, 0.1) is 12.8 Å². The SMILES string of the molecule is COC(=O)CCCCCn1c(C)cc(C(=O)COc2cccc(-n3cnnn3)c2)c1C. The first-order valence-corrected chi connectivity index (χ1v) is 10.2. The van der Waals surface area contributed by atoms with Crippen LogP contribution in [0.1, 0.15) is 47.4 Å². The summed E-state index contributed by atoms with van der Waals surface area (Å²) in [6.07, 6.45) is 4.59. The number of carbonyl (C=O) groups is 2. The van der Waals surface area contributed by atoms with E-state index in [9.17, 15) is 9.59 Å². The molecule has 0 radical (unpaired) electrons. The van der Waals surface area contributed by atoms with Crippen molar-refractivity contribution in [3.8, 4) is 11.4 Å². The molecule has 9 nitrogen and oxygen atoms in total. The van der Waals surface area contributed by atoms with Gasteiger partial charge in [-0.15, -0.1) is 5.10 Å². The van der Waals surface area contributed by atoms with E-state index in [1.807, 2.05) is 32.0 Å². The lowest BCUT2D eigenvalue weighted by atomic mass is 10.1. The molecule has 0 aliphatic rings. The van der Waals surface area contributed by atoms with Crippen LogP contribution >= 0.6 is 0 Å². The topological polar surface area (TPSA) is 101 Å². The van der Waals surface area contributed by atoms with E-state index in [0.29, 0.717) is 17.7 Å². The first kappa shape index (κ1) is 22.2. The molecule has 0 saturated heterocycles. The van der Waals surface area contributed by atoms with Crippen molar-refractivity contribution in [2.75, 3.05) is 13.7 Å². The first-order valence-electron chi connectivity index (χ1n) is 10.2. The summed E-state index contributed by atoms with van der Waals surface area (Å²) in [6.45, 7) is 4.70. The molecule has 0 aliphatic heterocycles. The molecule has 0 fully saturated rings. The second-order valence-corrected chi connectivity index (χ2v) is 7.29. The molecule has 2 heterocycles. The number of unbranched alkanes of at least 4 members (excludes halogenated alkanes) is 2. The van der Waals surface area contributed by atoms with Crippen molar-refractivity contribution < 1.29 is 19.1 Å². The highest BCUT2D eigenvalue weighted by Gasteiger charge is 2.16. The lowest BCUT2D eigenvalue weighted by Gasteiger charge is -2.10. The Hall–Kier alpha value is -3.49. The van der Waals surface area contributed by atoms with Crippen LogP contribution in [0.5, 0.6) is 5.75 Å². The molecule has 0 spiro atoms. The van der Waals surface area contributed by atoms with Gasteiger partial charge in [0, 0.05) is 36.0 Å². The number of Topliss-reactive ketones (excluding diaryl/α,β-unsaturated/α-hetero) is 1. The summed E-state index contributed by atoms with van der Waals surface area (Å²) in [5, 5.41) is 11.1. The maximum atomic E-state index is 12.8. The number of esters is 1. The monoisotopic (exact) mass is 425 g/mol. The second kappa shape index (κ2) is 10.5. The zero-order chi connectivity index (χ0) is 22.2. The van der Waals surface area contributed by atoms with E-state index in [-0.39, 0.29) is 18.4 Å². The number of hydrogen-bond acceptors (Lipinski definition) is 7. The Morgan fingerprint density at radius 3 is 2.68 bits per heavy atom. The average Bonchev–Trinajstić information content (AvgIpc) is 3.41. The van der Waals surface area contributed by atoms with Crippen molar-refractivity contribution >= 4 is 11.8 Å². The lowest BCUT2D eigenvalue weighted by Crippen LogP contribution is -2.13. The molecule has 0 N–H and O–H groups in total. The third-order valence-corrected chi connectivity index (χ3v) is 5.17. The van der Waals surface area contributed by atoms with E-state index in [2.05, 4.69) is 24.8 Å². The zero-order valence-electron chi connectivity index (χ0n) is 18.1. The van der Waals surface area contributed by atoms with E-state index in [4.69, 9.17) is 4.74 Å². The number of aryl methyl sites for hydroxylation is 1. The molecule has 164 valence electrons. The Morgan fingerprint density at radius 1 is 1.10 bits per heavy atom. The fraction of sp³-hybridized carbons (Fsp3) is 0.409. The highest BCUT2D eigenvalue weighted by Crippen LogP contribution is 2.19. The second-order valence-electron chi connectivity index (χ2n) is 7.29. The molecule has 0 saturated carbocycles. The van der Waals surface area contributed by atoms with Crippen molar-refractivity contribution in [2.45, 2.75) is 46.1 Å². The number of rotatable bonds is 11. The molecule has 0 aliphatic carbocycles. The summed E-state index contributed by atoms with van der Waals surface area (Å²) in [7, 11) is 1.41. The zero-order valence-corrected chi connectivity index (χ0v) is 18.1. The Balaban J connectivity index is 1.55. The molecule has 0 atom stereocenters. The lowest BCUT2D eigenvalue weighted by molar-refractivity contribution is -0.140. The van der Waals surface area contributed by atoms with Gasteiger partial charge in [0.15, 0.2) is 6.61 Å². The van der Waals surface area contributed by atoms with Crippen LogP contribution in [0.25, 0.3) is 5.69 Å². The number of aromatic nitrogens is 5. The van der Waals surface area contributed by atoms with Crippen LogP contribution in [-0.2, 0) is 16.1 Å². The van der Waals surface area contributed by atoms with Crippen LogP contribution in [-0.4, -0.2) is 50.2 Å². The molecule has 0 unspecified atom stereocenters. The summed E-state index contributed by atoms with van der Waals surface area (Å²) < 4.78 is 14.1. The van der Waals surface area contributed by atoms with Crippen molar-refractivity contribution in [3.63, 3.8) is 0 Å². The molecule has 3 aromatic rings. The van der Waals surface area contributed by atoms with Gasteiger partial charge >= 0.3 is 5.97 Å². The Morgan fingerprint density at radius 2 is 1.94 bits per heavy atom. The van der Waals surface area contributed by atoms with Crippen molar-refractivity contribution in [3.05, 3.63) is 53.6 Å². The van der Waals surface area contributed by atoms with E-state index in [1.54, 1.807) is 12.1 Å². The minimum atomic E-state index is -0.176. The van der Waals surface area contributed by atoms with Gasteiger partial charge in [-0.25, -0.2) is 4.68 Å². The van der Waals surface area contributed by atoms with E-state index in [1.165, 1.54) is 18.1 Å². The minimum absolute atomic E-state index is 0.0531. The highest BCUT2D eigenvalue weighted by molar-refractivity contribution is 5.98. The predicted molar refractivity (Wildman–Crippen MR) is 113 cm³/mol. The van der Waals surface area contributed by atoms with Crippen LogP contribution < -0.4 is 4.74 Å². The van der Waals surface area contributed by atoms with Gasteiger partial charge in [0.2, 0.25) is 5.78 Å². The third-order valence-electron chi connectivity index (χ3n) is 5.17. The standard InChI is InChI=1S/C22H27N5O4/c1-16-12-20(17(2)26(16)11-6-4-5-10-22(29)30-3)21(28)14-31-19-9-7-8-18(13-19)27-15-23-24-25-27/h7-9,12-13,15H,4-6,10-11,14H2,1-3H3. The number of nitrogens with zero attached hydrogens (tertiary/aromatic N) is 5. The summed E-state index contributed by atoms with van der Waals surface area (Å²) in [6, 6.07) is 9.15. The average molecular weight is 425 g/mol. The summed E-state index contributed by atoms with van der Waals surface area (Å²) in [5.74, 6) is 0.323. The molecule has 3 rings (SSSR count). The first-order chi connectivity index (χ1) is 15.0. The van der Waals surface area contributed by atoms with Crippen LogP contribution in [0.4, 0.5) is 0 Å². The van der Waals surface area contributed by atoms with Crippen LogP contribution in [0, 0.1) is 13.8 Å². The maximum Gasteiger partial charge on any atom is 0.305 e. The van der Waals surface area contributed by atoms with Gasteiger partial charge in [-0.1, -0.05) is 12.5 Å². The molecule has 0 amide bonds. The van der Waals surface area contributed by atoms with Crippen LogP contribution in [0.3, 0.4) is 0 Å². The van der Waals surface area contributed by atoms with Gasteiger partial charge in [-0.2, -0.15) is 0 Å². The number of benzene rings is 1. The number of ketones is 1. The van der Waals surface area contributed by atoms with Crippen LogP contribution in [0.15, 0.2) is 36.7 Å². The molecule has 0 bridgehead atoms. The smallest absolute Gasteiger partial charge is 0.305 e. The Labute approximate surface area is 181 Å². The van der Waals surface area contributed by atoms with E-state index in [0.717, 1.165) is 42.9 Å². The highest BCUT2D eigenvalue weighted by atomic mass is 16.5. The summed E-state index contributed by atoms with van der Waals surface area (Å²) >= 11 is 0. The fourth-order valence-corrected chi connectivity index (χ4v) is 3.47. The molecule has 9 heteroatoms. The normalized spacial score (nSPS) is 10.8. The van der Waals surface area contributed by atoms with Crippen molar-refractivity contribution in [2.24, 2.45) is 0 Å². The Kier molecular flexibility index (Phi) is 7.53. The number of ether oxygens (including phenoxy) is 2. The van der Waals surface area contributed by atoms with E-state index >= 15 is 0 Å². The molecular weight excluding hydrogens is 398 g/mol. The molecule has 2 aromatic heterocycles. The van der Waals surface area contributed by atoms with Gasteiger partial charge in [0.25, 0.3) is 0 Å². The summed E-state index contributed by atoms with van der Waals surface area (Å²) in [5.41, 5.74) is 3.39. The Bertz CT molecular complexity index is 1030. The number of hydrogen-bond donors (Lipinski definition) is 0. The quantitative estimate of drug-likeness (QED) is 0.264. The number of tetrazole rings is 1. The summed E-state index contributed by atoms with van der Waals surface area (Å²) in [4.78, 5) is 24.0. The number of methoxy groups -OCH3 is 1. The largest absolute Gasteiger partial charge is 0.485 e. The molecular formula is C22H27N5O4. The van der Waals surface area contributed by atoms with E-state index < -0.39 is 0 Å². The molecule has 1 aromatic carbocycles. The fourth-order valence-electron chi connectivity index (χ4n) is 3.47. The van der Waals surface area contributed by atoms with Gasteiger partial charge < -0.3 is 14.0 Å².